The molecule has 35 heavy (non-hydrogen) atoms. The van der Waals surface area contributed by atoms with Gasteiger partial charge in [0.2, 0.25) is 15.9 Å². The first-order chi connectivity index (χ1) is 16.4. The van der Waals surface area contributed by atoms with Crippen molar-refractivity contribution in [2.75, 3.05) is 44.6 Å². The predicted octanol–water partition coefficient (Wildman–Crippen LogP) is 3.72. The summed E-state index contributed by atoms with van der Waals surface area (Å²) in [5.41, 5.74) is 4.70. The van der Waals surface area contributed by atoms with Gasteiger partial charge in [-0.15, -0.1) is 11.3 Å². The van der Waals surface area contributed by atoms with Gasteiger partial charge in [-0.25, -0.2) is 13.2 Å². The zero-order chi connectivity index (χ0) is 26.1. The number of hydrogen-bond acceptors (Lipinski definition) is 7. The van der Waals surface area contributed by atoms with Crippen molar-refractivity contribution in [2.24, 2.45) is 0 Å². The van der Waals surface area contributed by atoms with Crippen molar-refractivity contribution in [3.8, 4) is 0 Å². The van der Waals surface area contributed by atoms with Crippen LogP contribution >= 0.6 is 11.3 Å². The first-order valence-corrected chi connectivity index (χ1v) is 14.0. The topological polar surface area (TPSA) is 96.0 Å². The number of carbonyl (C=O) groups is 2. The first kappa shape index (κ1) is 27.3. The lowest BCUT2D eigenvalue weighted by atomic mass is 10.0. The second-order valence-electron chi connectivity index (χ2n) is 9.03. The van der Waals surface area contributed by atoms with Crippen LogP contribution in [0.1, 0.15) is 50.0 Å². The monoisotopic (exact) mass is 521 g/mol. The van der Waals surface area contributed by atoms with Gasteiger partial charge in [-0.05, 0) is 76.3 Å². The molecule has 0 bridgehead atoms. The number of anilines is 1. The van der Waals surface area contributed by atoms with E-state index in [9.17, 15) is 18.0 Å². The molecule has 1 N–H and O–H groups in total. The van der Waals surface area contributed by atoms with E-state index in [0.29, 0.717) is 41.6 Å². The summed E-state index contributed by atoms with van der Waals surface area (Å²) in [6, 6.07) is 2.02. The molecule has 1 saturated heterocycles. The van der Waals surface area contributed by atoms with E-state index in [1.165, 1.54) is 15.6 Å². The minimum absolute atomic E-state index is 0.119. The Morgan fingerprint density at radius 3 is 2.09 bits per heavy atom. The molecule has 1 aromatic heterocycles. The first-order valence-electron chi connectivity index (χ1n) is 11.7. The zero-order valence-electron chi connectivity index (χ0n) is 21.6. The molecule has 1 aromatic carbocycles. The number of nitrogens with one attached hydrogen (secondary N) is 1. The number of carbonyl (C=O) groups excluding carboxylic acids is 2. The van der Waals surface area contributed by atoms with Gasteiger partial charge in [0, 0.05) is 31.1 Å². The highest BCUT2D eigenvalue weighted by atomic mass is 32.2. The molecule has 0 radical (unpaired) electrons. The summed E-state index contributed by atoms with van der Waals surface area (Å²) in [5, 5.41) is 3.35. The maximum Gasteiger partial charge on any atom is 0.341 e. The Hall–Kier alpha value is -2.27. The van der Waals surface area contributed by atoms with E-state index < -0.39 is 16.0 Å². The molecule has 0 saturated carbocycles. The molecule has 0 aliphatic carbocycles. The van der Waals surface area contributed by atoms with E-state index in [2.05, 4.69) is 5.32 Å². The maximum atomic E-state index is 13.5. The summed E-state index contributed by atoms with van der Waals surface area (Å²) in [4.78, 5) is 28.4. The van der Waals surface area contributed by atoms with Crippen LogP contribution < -0.4 is 5.32 Å². The third kappa shape index (κ3) is 5.61. The molecule has 3 rings (SSSR count). The van der Waals surface area contributed by atoms with Crippen LogP contribution in [0.15, 0.2) is 11.0 Å². The maximum absolute atomic E-state index is 13.5. The summed E-state index contributed by atoms with van der Waals surface area (Å²) in [5.74, 6) is -0.686. The minimum Gasteiger partial charge on any atom is -0.462 e. The highest BCUT2D eigenvalue weighted by Gasteiger charge is 2.32. The van der Waals surface area contributed by atoms with Crippen LogP contribution in [-0.2, 0) is 19.6 Å². The van der Waals surface area contributed by atoms with Crippen LogP contribution in [0.5, 0.6) is 0 Å². The fourth-order valence-corrected chi connectivity index (χ4v) is 7.42. The summed E-state index contributed by atoms with van der Waals surface area (Å²) < 4.78 is 33.6. The average Bonchev–Trinajstić information content (AvgIpc) is 3.05. The third-order valence-corrected chi connectivity index (χ3v) is 10.0. The fraction of sp³-hybridized carbons (Fsp3) is 0.520. The number of thiophene rings is 1. The molecule has 1 fully saturated rings. The Labute approximate surface area is 212 Å². The molecule has 1 amide bonds. The molecule has 2 aromatic rings. The summed E-state index contributed by atoms with van der Waals surface area (Å²) >= 11 is 1.35. The summed E-state index contributed by atoms with van der Waals surface area (Å²) in [7, 11) is -3.64. The Bertz CT molecular complexity index is 1220. The largest absolute Gasteiger partial charge is 0.462 e. The second kappa shape index (κ2) is 10.8. The molecule has 0 unspecified atom stereocenters. The van der Waals surface area contributed by atoms with Crippen molar-refractivity contribution in [3.05, 3.63) is 44.3 Å². The Balaban J connectivity index is 1.66. The van der Waals surface area contributed by atoms with Gasteiger partial charge >= 0.3 is 5.97 Å². The van der Waals surface area contributed by atoms with Crippen molar-refractivity contribution >= 4 is 38.2 Å². The predicted molar refractivity (Wildman–Crippen MR) is 139 cm³/mol. The molecular formula is C25H35N3O5S2. The van der Waals surface area contributed by atoms with Gasteiger partial charge < -0.3 is 10.1 Å². The van der Waals surface area contributed by atoms with E-state index in [4.69, 9.17) is 4.74 Å². The Morgan fingerprint density at radius 1 is 0.971 bits per heavy atom. The lowest BCUT2D eigenvalue weighted by molar-refractivity contribution is -0.117. The molecule has 1 aliphatic heterocycles. The molecule has 1 aliphatic rings. The highest BCUT2D eigenvalue weighted by Crippen LogP contribution is 2.33. The van der Waals surface area contributed by atoms with Crippen molar-refractivity contribution in [1.82, 2.24) is 9.21 Å². The molecule has 192 valence electrons. The van der Waals surface area contributed by atoms with Crippen molar-refractivity contribution < 1.29 is 22.7 Å². The van der Waals surface area contributed by atoms with Gasteiger partial charge in [0.25, 0.3) is 0 Å². The van der Waals surface area contributed by atoms with Crippen LogP contribution in [0.4, 0.5) is 5.00 Å². The molecular weight excluding hydrogens is 486 g/mol. The quantitative estimate of drug-likeness (QED) is 0.558. The number of nitrogens with zero attached hydrogens (tertiary/aromatic N) is 2. The van der Waals surface area contributed by atoms with E-state index in [1.54, 1.807) is 6.92 Å². The number of amides is 1. The lowest BCUT2D eigenvalue weighted by Gasteiger charge is -2.34. The summed E-state index contributed by atoms with van der Waals surface area (Å²) in [6.07, 6.45) is 0. The normalized spacial score (nSPS) is 15.3. The minimum atomic E-state index is -3.64. The smallest absolute Gasteiger partial charge is 0.341 e. The number of piperazine rings is 1. The van der Waals surface area contributed by atoms with Crippen LogP contribution in [0.3, 0.4) is 0 Å². The number of benzene rings is 1. The number of ether oxygens (including phenoxy) is 1. The molecule has 10 heteroatoms. The van der Waals surface area contributed by atoms with Crippen LogP contribution in [0.25, 0.3) is 0 Å². The number of rotatable bonds is 7. The van der Waals surface area contributed by atoms with Crippen LogP contribution in [0.2, 0.25) is 0 Å². The van der Waals surface area contributed by atoms with Gasteiger partial charge in [-0.3, -0.25) is 9.69 Å². The fourth-order valence-electron chi connectivity index (χ4n) is 4.36. The van der Waals surface area contributed by atoms with Gasteiger partial charge in [0.1, 0.15) is 5.00 Å². The van der Waals surface area contributed by atoms with Gasteiger partial charge in [0.05, 0.1) is 23.6 Å². The number of esters is 1. The van der Waals surface area contributed by atoms with Crippen molar-refractivity contribution in [3.63, 3.8) is 0 Å². The van der Waals surface area contributed by atoms with E-state index in [1.807, 2.05) is 52.5 Å². The van der Waals surface area contributed by atoms with Gasteiger partial charge in [-0.2, -0.15) is 4.31 Å². The molecule has 2 heterocycles. The molecule has 0 atom stereocenters. The van der Waals surface area contributed by atoms with Crippen molar-refractivity contribution in [1.29, 1.82) is 0 Å². The summed E-state index contributed by atoms with van der Waals surface area (Å²) in [6.45, 7) is 15.0. The lowest BCUT2D eigenvalue weighted by Crippen LogP contribution is -2.50. The van der Waals surface area contributed by atoms with Gasteiger partial charge in [-0.1, -0.05) is 6.07 Å². The van der Waals surface area contributed by atoms with Gasteiger partial charge in [0.15, 0.2) is 0 Å². The van der Waals surface area contributed by atoms with Crippen LogP contribution in [0, 0.1) is 41.5 Å². The number of aryl methyl sites for hydroxylation is 3. The average molecular weight is 522 g/mol. The van der Waals surface area contributed by atoms with E-state index in [-0.39, 0.29) is 19.1 Å². The van der Waals surface area contributed by atoms with Crippen molar-refractivity contribution in [2.45, 2.75) is 53.4 Å². The third-order valence-electron chi connectivity index (χ3n) is 6.71. The van der Waals surface area contributed by atoms with E-state index >= 15 is 0 Å². The molecule has 8 nitrogen and oxygen atoms in total. The zero-order valence-corrected chi connectivity index (χ0v) is 23.2. The number of sulfonamides is 1. The SMILES string of the molecule is CCOC(=O)c1c(NC(=O)CN2CCN(S(=O)(=O)c3c(C)c(C)cc(C)c3C)CC2)sc(C)c1C. The molecule has 0 spiro atoms. The standard InChI is InChI=1S/C25H35N3O5S2/c1-8-33-25(30)22-19(6)20(7)34-24(22)26-21(29)14-27-9-11-28(12-10-27)35(31,32)23-17(4)15(2)13-16(3)18(23)5/h13H,8-12,14H2,1-7H3,(H,26,29). The highest BCUT2D eigenvalue weighted by molar-refractivity contribution is 7.89. The number of hydrogen-bond donors (Lipinski definition) is 1. The second-order valence-corrected chi connectivity index (χ2v) is 12.1. The Kier molecular flexibility index (Phi) is 8.41. The van der Waals surface area contributed by atoms with E-state index in [0.717, 1.165) is 32.7 Å². The Morgan fingerprint density at radius 2 is 1.54 bits per heavy atom. The van der Waals surface area contributed by atoms with Crippen LogP contribution in [-0.4, -0.2) is 68.8 Å².